The molecule has 15 heavy (non-hydrogen) atoms. The second-order valence-electron chi connectivity index (χ2n) is 3.65. The molecule has 3 heterocycles. The first-order chi connectivity index (χ1) is 7.36. The molecule has 1 N–H and O–H groups in total. The first-order valence-electron chi connectivity index (χ1n) is 5.02. The third-order valence-corrected chi connectivity index (χ3v) is 2.72. The van der Waals surface area contributed by atoms with Gasteiger partial charge in [-0.15, -0.1) is 0 Å². The lowest BCUT2D eigenvalue weighted by Gasteiger charge is -2.18. The Hall–Kier alpha value is -1.85. The Morgan fingerprint density at radius 3 is 2.87 bits per heavy atom. The van der Waals surface area contributed by atoms with Crippen molar-refractivity contribution < 1.29 is 0 Å². The summed E-state index contributed by atoms with van der Waals surface area (Å²) in [6, 6.07) is 0. The first kappa shape index (κ1) is 8.46. The fourth-order valence-corrected chi connectivity index (χ4v) is 1.97. The highest BCUT2D eigenvalue weighted by Crippen LogP contribution is 2.10. The molecule has 1 aliphatic heterocycles. The summed E-state index contributed by atoms with van der Waals surface area (Å²) in [4.78, 5) is 22.1. The van der Waals surface area contributed by atoms with Gasteiger partial charge < -0.3 is 9.99 Å². The van der Waals surface area contributed by atoms with Gasteiger partial charge >= 0.3 is 5.56 Å². The SMILES string of the molecule is O=c1nc[nH]c2c1ncn2N1CCCC1. The zero-order chi connectivity index (χ0) is 10.3. The molecule has 2 aromatic rings. The molecule has 0 spiro atoms. The van der Waals surface area contributed by atoms with Gasteiger partial charge in [0.15, 0.2) is 11.2 Å². The maximum absolute atomic E-state index is 11.4. The van der Waals surface area contributed by atoms with Gasteiger partial charge in [-0.05, 0) is 12.8 Å². The van der Waals surface area contributed by atoms with Crippen LogP contribution < -0.4 is 10.6 Å². The van der Waals surface area contributed by atoms with Crippen LogP contribution in [-0.4, -0.2) is 32.7 Å². The van der Waals surface area contributed by atoms with E-state index >= 15 is 0 Å². The topological polar surface area (TPSA) is 66.8 Å². The summed E-state index contributed by atoms with van der Waals surface area (Å²) in [5.74, 6) is 0. The van der Waals surface area contributed by atoms with Gasteiger partial charge in [-0.3, -0.25) is 4.79 Å². The Balaban J connectivity index is 2.19. The average Bonchev–Trinajstić information content (AvgIpc) is 2.85. The fourth-order valence-electron chi connectivity index (χ4n) is 1.97. The van der Waals surface area contributed by atoms with E-state index in [0.717, 1.165) is 18.7 Å². The van der Waals surface area contributed by atoms with Crippen molar-refractivity contribution in [3.05, 3.63) is 23.0 Å². The Morgan fingerprint density at radius 1 is 1.27 bits per heavy atom. The molecule has 0 bridgehead atoms. The van der Waals surface area contributed by atoms with Gasteiger partial charge in [-0.1, -0.05) is 0 Å². The van der Waals surface area contributed by atoms with Crippen molar-refractivity contribution in [3.63, 3.8) is 0 Å². The van der Waals surface area contributed by atoms with Crippen molar-refractivity contribution in [3.8, 4) is 0 Å². The average molecular weight is 205 g/mol. The van der Waals surface area contributed by atoms with Crippen molar-refractivity contribution in [1.82, 2.24) is 19.6 Å². The van der Waals surface area contributed by atoms with E-state index in [0.29, 0.717) is 5.52 Å². The normalized spacial score (nSPS) is 16.4. The summed E-state index contributed by atoms with van der Waals surface area (Å²) in [7, 11) is 0. The van der Waals surface area contributed by atoms with Gasteiger partial charge in [0, 0.05) is 13.1 Å². The van der Waals surface area contributed by atoms with Crippen LogP contribution in [0.3, 0.4) is 0 Å². The molecule has 1 saturated heterocycles. The largest absolute Gasteiger partial charge is 0.329 e. The van der Waals surface area contributed by atoms with E-state index in [2.05, 4.69) is 20.0 Å². The molecule has 0 amide bonds. The maximum Gasteiger partial charge on any atom is 0.300 e. The maximum atomic E-state index is 11.4. The minimum atomic E-state index is -0.276. The van der Waals surface area contributed by atoms with Crippen LogP contribution in [0, 0.1) is 0 Å². The number of hydrogen-bond donors (Lipinski definition) is 1. The van der Waals surface area contributed by atoms with Crippen LogP contribution in [0.5, 0.6) is 0 Å². The molecule has 0 saturated carbocycles. The predicted molar refractivity (Wildman–Crippen MR) is 55.3 cm³/mol. The molecule has 3 rings (SSSR count). The van der Waals surface area contributed by atoms with E-state index in [-0.39, 0.29) is 5.56 Å². The number of imidazole rings is 1. The molecule has 0 aromatic carbocycles. The Kier molecular flexibility index (Phi) is 1.74. The van der Waals surface area contributed by atoms with E-state index in [9.17, 15) is 4.79 Å². The summed E-state index contributed by atoms with van der Waals surface area (Å²) in [5, 5.41) is 2.17. The summed E-state index contributed by atoms with van der Waals surface area (Å²) in [6.07, 6.45) is 5.47. The molecule has 78 valence electrons. The number of fused-ring (bicyclic) bond motifs is 1. The van der Waals surface area contributed by atoms with E-state index in [1.807, 2.05) is 4.68 Å². The van der Waals surface area contributed by atoms with Crippen molar-refractivity contribution >= 4 is 11.2 Å². The molecule has 0 aliphatic carbocycles. The van der Waals surface area contributed by atoms with E-state index in [1.54, 1.807) is 6.33 Å². The lowest BCUT2D eigenvalue weighted by atomic mass is 10.4. The standard InChI is InChI=1S/C9H11N5O/c15-9-7-8(10-5-11-9)14(6-12-7)13-3-1-2-4-13/h5-6H,1-4H2,(H,10,11,15). The number of aromatic amines is 1. The third-order valence-electron chi connectivity index (χ3n) is 2.72. The van der Waals surface area contributed by atoms with Crippen LogP contribution in [0.25, 0.3) is 11.2 Å². The Morgan fingerprint density at radius 2 is 2.07 bits per heavy atom. The molecule has 2 aromatic heterocycles. The number of hydrogen-bond acceptors (Lipinski definition) is 4. The Bertz CT molecular complexity index is 537. The molecule has 0 atom stereocenters. The Labute approximate surface area is 85.5 Å². The lowest BCUT2D eigenvalue weighted by molar-refractivity contribution is 0.675. The van der Waals surface area contributed by atoms with Crippen molar-refractivity contribution in [2.75, 3.05) is 18.1 Å². The molecule has 6 heteroatoms. The zero-order valence-electron chi connectivity index (χ0n) is 8.18. The first-order valence-corrected chi connectivity index (χ1v) is 5.02. The van der Waals surface area contributed by atoms with Crippen LogP contribution in [0.15, 0.2) is 17.4 Å². The van der Waals surface area contributed by atoms with Crippen molar-refractivity contribution in [2.24, 2.45) is 0 Å². The predicted octanol–water partition coefficient (Wildman–Crippen LogP) is -0.149. The smallest absolute Gasteiger partial charge is 0.300 e. The highest BCUT2D eigenvalue weighted by atomic mass is 16.1. The molecular formula is C9H11N5O. The van der Waals surface area contributed by atoms with Gasteiger partial charge in [0.1, 0.15) is 6.33 Å². The molecule has 0 unspecified atom stereocenters. The summed E-state index contributed by atoms with van der Waals surface area (Å²) in [5.41, 5.74) is 0.864. The summed E-state index contributed by atoms with van der Waals surface area (Å²) in [6.45, 7) is 2.02. The van der Waals surface area contributed by atoms with Gasteiger partial charge in [-0.2, -0.15) is 4.98 Å². The minimum Gasteiger partial charge on any atom is -0.329 e. The van der Waals surface area contributed by atoms with Gasteiger partial charge in [0.2, 0.25) is 0 Å². The molecular weight excluding hydrogens is 194 g/mol. The number of nitrogens with one attached hydrogen (secondary N) is 1. The van der Waals surface area contributed by atoms with E-state index in [4.69, 9.17) is 0 Å². The van der Waals surface area contributed by atoms with Crippen LogP contribution in [0.1, 0.15) is 12.8 Å². The molecule has 6 nitrogen and oxygen atoms in total. The molecule has 1 fully saturated rings. The number of nitrogens with zero attached hydrogens (tertiary/aromatic N) is 4. The highest BCUT2D eigenvalue weighted by Gasteiger charge is 2.15. The van der Waals surface area contributed by atoms with Crippen molar-refractivity contribution in [2.45, 2.75) is 12.8 Å². The van der Waals surface area contributed by atoms with Crippen LogP contribution >= 0.6 is 0 Å². The molecule has 0 radical (unpaired) electrons. The van der Waals surface area contributed by atoms with Crippen LogP contribution in [0.2, 0.25) is 0 Å². The summed E-state index contributed by atoms with van der Waals surface area (Å²) < 4.78 is 1.91. The fraction of sp³-hybridized carbons (Fsp3) is 0.444. The lowest BCUT2D eigenvalue weighted by Crippen LogP contribution is -2.30. The second kappa shape index (κ2) is 3.08. The van der Waals surface area contributed by atoms with E-state index in [1.165, 1.54) is 19.2 Å². The van der Waals surface area contributed by atoms with Gasteiger partial charge in [0.25, 0.3) is 0 Å². The quantitative estimate of drug-likeness (QED) is 0.703. The van der Waals surface area contributed by atoms with Crippen LogP contribution in [0.4, 0.5) is 0 Å². The number of H-pyrrole nitrogens is 1. The minimum absolute atomic E-state index is 0.276. The second-order valence-corrected chi connectivity index (χ2v) is 3.65. The van der Waals surface area contributed by atoms with Crippen molar-refractivity contribution in [1.29, 1.82) is 0 Å². The zero-order valence-corrected chi connectivity index (χ0v) is 8.18. The van der Waals surface area contributed by atoms with Gasteiger partial charge in [0.05, 0.1) is 6.33 Å². The number of aromatic nitrogens is 4. The third kappa shape index (κ3) is 1.21. The van der Waals surface area contributed by atoms with Gasteiger partial charge in [-0.25, -0.2) is 9.66 Å². The monoisotopic (exact) mass is 205 g/mol. The van der Waals surface area contributed by atoms with Crippen LogP contribution in [-0.2, 0) is 0 Å². The summed E-state index contributed by atoms with van der Waals surface area (Å²) >= 11 is 0. The highest BCUT2D eigenvalue weighted by molar-refractivity contribution is 5.69. The molecule has 1 aliphatic rings. The number of rotatable bonds is 1. The van der Waals surface area contributed by atoms with E-state index < -0.39 is 0 Å².